The van der Waals surface area contributed by atoms with Gasteiger partial charge in [0.1, 0.15) is 5.69 Å². The summed E-state index contributed by atoms with van der Waals surface area (Å²) in [6.07, 6.45) is 3.79. The predicted octanol–water partition coefficient (Wildman–Crippen LogP) is 2.87. The Bertz CT molecular complexity index is 547. The Morgan fingerprint density at radius 1 is 1.22 bits per heavy atom. The van der Waals surface area contributed by atoms with Gasteiger partial charge in [-0.2, -0.15) is 0 Å². The number of ether oxygens (including phenoxy) is 1. The van der Waals surface area contributed by atoms with E-state index in [4.69, 9.17) is 4.74 Å². The van der Waals surface area contributed by atoms with E-state index in [1.165, 1.54) is 0 Å². The first-order valence-corrected chi connectivity index (χ1v) is 8.04. The van der Waals surface area contributed by atoms with Crippen LogP contribution in [0.2, 0.25) is 0 Å². The minimum Gasteiger partial charge on any atom is -0.376 e. The Kier molecular flexibility index (Phi) is 4.95. The molecule has 2 N–H and O–H groups in total. The van der Waals surface area contributed by atoms with Crippen LogP contribution in [0.5, 0.6) is 0 Å². The second kappa shape index (κ2) is 7.12. The number of hydrogen-bond acceptors (Lipinski definition) is 3. The highest BCUT2D eigenvalue weighted by Crippen LogP contribution is 2.29. The van der Waals surface area contributed by atoms with E-state index in [1.54, 1.807) is 4.90 Å². The minimum atomic E-state index is -0.652. The molecule has 1 unspecified atom stereocenters. The molecule has 7 heteroatoms. The molecule has 0 spiro atoms. The van der Waals surface area contributed by atoms with Crippen molar-refractivity contribution in [3.8, 4) is 0 Å². The lowest BCUT2D eigenvalue weighted by Crippen LogP contribution is -2.35. The van der Waals surface area contributed by atoms with Crippen LogP contribution < -0.4 is 15.5 Å². The van der Waals surface area contributed by atoms with Crippen molar-refractivity contribution in [3.05, 3.63) is 23.8 Å². The Morgan fingerprint density at radius 2 is 1.91 bits per heavy atom. The van der Waals surface area contributed by atoms with Gasteiger partial charge in [0.05, 0.1) is 6.10 Å². The van der Waals surface area contributed by atoms with Gasteiger partial charge in [-0.3, -0.25) is 0 Å². The highest BCUT2D eigenvalue weighted by Gasteiger charge is 2.21. The van der Waals surface area contributed by atoms with Crippen molar-refractivity contribution >= 4 is 17.4 Å². The maximum absolute atomic E-state index is 14.2. The lowest BCUT2D eigenvalue weighted by Gasteiger charge is -2.20. The van der Waals surface area contributed by atoms with Gasteiger partial charge in [-0.25, -0.2) is 13.6 Å². The van der Waals surface area contributed by atoms with E-state index < -0.39 is 17.7 Å². The van der Waals surface area contributed by atoms with E-state index in [2.05, 4.69) is 10.6 Å². The van der Waals surface area contributed by atoms with Crippen molar-refractivity contribution in [2.75, 3.05) is 36.5 Å². The van der Waals surface area contributed by atoms with Gasteiger partial charge in [0.15, 0.2) is 11.6 Å². The molecule has 2 fully saturated rings. The van der Waals surface area contributed by atoms with Crippen LogP contribution in [0.4, 0.5) is 25.0 Å². The molecule has 0 radical (unpaired) electrons. The molecule has 3 rings (SSSR count). The van der Waals surface area contributed by atoms with Gasteiger partial charge in [-0.15, -0.1) is 0 Å². The van der Waals surface area contributed by atoms with Crippen molar-refractivity contribution in [1.82, 2.24) is 5.32 Å². The van der Waals surface area contributed by atoms with Gasteiger partial charge in [-0.05, 0) is 37.8 Å². The number of rotatable bonds is 4. The second-order valence-corrected chi connectivity index (χ2v) is 5.95. The zero-order valence-corrected chi connectivity index (χ0v) is 12.9. The van der Waals surface area contributed by atoms with Crippen LogP contribution in [0, 0.1) is 11.6 Å². The number of anilines is 2. The fraction of sp³-hybridized carbons (Fsp3) is 0.562. The summed E-state index contributed by atoms with van der Waals surface area (Å²) in [4.78, 5) is 13.5. The van der Waals surface area contributed by atoms with Crippen molar-refractivity contribution in [2.24, 2.45) is 0 Å². The summed E-state index contributed by atoms with van der Waals surface area (Å²) < 4.78 is 33.7. The largest absolute Gasteiger partial charge is 0.376 e. The fourth-order valence-electron chi connectivity index (χ4n) is 3.07. The third-order valence-electron chi connectivity index (χ3n) is 4.21. The number of urea groups is 1. The highest BCUT2D eigenvalue weighted by atomic mass is 19.1. The second-order valence-electron chi connectivity index (χ2n) is 5.95. The molecule has 2 aliphatic heterocycles. The van der Waals surface area contributed by atoms with Crippen LogP contribution in [-0.4, -0.2) is 38.4 Å². The van der Waals surface area contributed by atoms with E-state index in [-0.39, 0.29) is 17.5 Å². The molecule has 5 nitrogen and oxygen atoms in total. The molecule has 1 atom stereocenters. The first-order valence-electron chi connectivity index (χ1n) is 8.04. The smallest absolute Gasteiger partial charge is 0.319 e. The summed E-state index contributed by atoms with van der Waals surface area (Å²) in [6.45, 7) is 2.41. The summed E-state index contributed by atoms with van der Waals surface area (Å²) in [5.74, 6) is -1.30. The highest BCUT2D eigenvalue weighted by molar-refractivity contribution is 5.89. The lowest BCUT2D eigenvalue weighted by atomic mass is 10.2. The van der Waals surface area contributed by atoms with Crippen LogP contribution in [0.1, 0.15) is 25.7 Å². The maximum Gasteiger partial charge on any atom is 0.319 e. The summed E-state index contributed by atoms with van der Waals surface area (Å²) >= 11 is 0. The van der Waals surface area contributed by atoms with Crippen molar-refractivity contribution in [3.63, 3.8) is 0 Å². The van der Waals surface area contributed by atoms with Crippen LogP contribution in [0.15, 0.2) is 12.1 Å². The van der Waals surface area contributed by atoms with Crippen molar-refractivity contribution < 1.29 is 18.3 Å². The van der Waals surface area contributed by atoms with Crippen LogP contribution in [0.25, 0.3) is 0 Å². The first kappa shape index (κ1) is 16.0. The Balaban J connectivity index is 1.60. The molecule has 2 amide bonds. The number of nitrogens with one attached hydrogen (secondary N) is 2. The number of carbonyl (C=O) groups excluding carboxylic acids is 1. The van der Waals surface area contributed by atoms with E-state index in [1.807, 2.05) is 0 Å². The third-order valence-corrected chi connectivity index (χ3v) is 4.21. The summed E-state index contributed by atoms with van der Waals surface area (Å²) in [7, 11) is 0. The van der Waals surface area contributed by atoms with E-state index >= 15 is 0 Å². The monoisotopic (exact) mass is 325 g/mol. The SMILES string of the molecule is O=C(NCC1CCCO1)Nc1cc(F)c(N2CCCC2)c(F)c1. The molecule has 23 heavy (non-hydrogen) atoms. The van der Waals surface area contributed by atoms with Crippen molar-refractivity contribution in [2.45, 2.75) is 31.8 Å². The minimum absolute atomic E-state index is 0.00665. The zero-order valence-electron chi connectivity index (χ0n) is 12.9. The van der Waals surface area contributed by atoms with Gasteiger partial charge in [0.25, 0.3) is 0 Å². The normalized spacial score (nSPS) is 20.8. The maximum atomic E-state index is 14.2. The summed E-state index contributed by atoms with van der Waals surface area (Å²) in [5.41, 5.74) is 0.0978. The van der Waals surface area contributed by atoms with Gasteiger partial charge in [0.2, 0.25) is 0 Å². The van der Waals surface area contributed by atoms with Gasteiger partial charge >= 0.3 is 6.03 Å². The van der Waals surface area contributed by atoms with Crippen molar-refractivity contribution in [1.29, 1.82) is 0 Å². The van der Waals surface area contributed by atoms with E-state index in [0.717, 1.165) is 37.8 Å². The molecule has 0 aliphatic carbocycles. The number of benzene rings is 1. The quantitative estimate of drug-likeness (QED) is 0.895. The Labute approximate surface area is 134 Å². The van der Waals surface area contributed by atoms with Crippen LogP contribution >= 0.6 is 0 Å². The molecular formula is C16H21F2N3O2. The average molecular weight is 325 g/mol. The Morgan fingerprint density at radius 3 is 2.52 bits per heavy atom. The zero-order chi connectivity index (χ0) is 16.2. The molecule has 1 aromatic carbocycles. The molecule has 0 saturated carbocycles. The number of amides is 2. The van der Waals surface area contributed by atoms with E-state index in [0.29, 0.717) is 26.2 Å². The lowest BCUT2D eigenvalue weighted by molar-refractivity contribution is 0.112. The Hall–Kier alpha value is -1.89. The molecule has 2 aliphatic rings. The van der Waals surface area contributed by atoms with Gasteiger partial charge in [-0.1, -0.05) is 0 Å². The molecule has 2 saturated heterocycles. The van der Waals surface area contributed by atoms with Gasteiger partial charge in [0, 0.05) is 31.9 Å². The predicted molar refractivity (Wildman–Crippen MR) is 83.8 cm³/mol. The number of halogens is 2. The number of hydrogen-bond donors (Lipinski definition) is 2. The van der Waals surface area contributed by atoms with Gasteiger partial charge < -0.3 is 20.3 Å². The first-order chi connectivity index (χ1) is 11.1. The molecule has 1 aromatic rings. The van der Waals surface area contributed by atoms with Crippen LogP contribution in [0.3, 0.4) is 0 Å². The molecular weight excluding hydrogens is 304 g/mol. The van der Waals surface area contributed by atoms with E-state index in [9.17, 15) is 13.6 Å². The summed E-state index contributed by atoms with van der Waals surface area (Å²) in [6, 6.07) is 1.82. The third kappa shape index (κ3) is 3.90. The number of nitrogens with zero attached hydrogens (tertiary/aromatic N) is 1. The standard InChI is InChI=1S/C16H21F2N3O2/c17-13-8-11(9-14(18)15(13)21-5-1-2-6-21)20-16(22)19-10-12-4-3-7-23-12/h8-9,12H,1-7,10H2,(H2,19,20,22). The fourth-order valence-corrected chi connectivity index (χ4v) is 3.07. The molecule has 0 bridgehead atoms. The molecule has 126 valence electrons. The molecule has 2 heterocycles. The number of carbonyl (C=O) groups is 1. The average Bonchev–Trinajstić information content (AvgIpc) is 3.18. The topological polar surface area (TPSA) is 53.6 Å². The molecule has 0 aromatic heterocycles. The van der Waals surface area contributed by atoms with Crippen LogP contribution in [-0.2, 0) is 4.74 Å². The summed E-state index contributed by atoms with van der Waals surface area (Å²) in [5, 5.41) is 5.11.